The van der Waals surface area contributed by atoms with Crippen molar-refractivity contribution in [2.45, 2.75) is 51.4 Å². The molecule has 0 radical (unpaired) electrons. The highest BCUT2D eigenvalue weighted by Crippen LogP contribution is 2.21. The van der Waals surface area contributed by atoms with E-state index in [9.17, 15) is 5.11 Å². The smallest absolute Gasteiger partial charge is 0.106 e. The molecule has 1 rings (SSSR count). The van der Waals surface area contributed by atoms with Gasteiger partial charge in [0.15, 0.2) is 0 Å². The molecule has 1 fully saturated rings. The van der Waals surface area contributed by atoms with Crippen LogP contribution in [0.1, 0.15) is 33.6 Å². The Balaban J connectivity index is 2.12. The maximum atomic E-state index is 9.90. The Labute approximate surface area is 123 Å². The van der Waals surface area contributed by atoms with Gasteiger partial charge in [-0.25, -0.2) is 0 Å². The first kappa shape index (κ1) is 17.9. The van der Waals surface area contributed by atoms with Gasteiger partial charge in [-0.3, -0.25) is 0 Å². The molecule has 0 aromatic carbocycles. The first-order valence-electron chi connectivity index (χ1n) is 7.61. The topological polar surface area (TPSA) is 60.0 Å². The number of aliphatic hydroxyl groups excluding tert-OH is 1. The maximum Gasteiger partial charge on any atom is 0.106 e. The van der Waals surface area contributed by atoms with Crippen LogP contribution in [-0.4, -0.2) is 62.9 Å². The largest absolute Gasteiger partial charge is 0.389 e. The summed E-state index contributed by atoms with van der Waals surface area (Å²) in [7, 11) is 1.71. The Morgan fingerprint density at radius 3 is 2.65 bits per heavy atom. The summed E-state index contributed by atoms with van der Waals surface area (Å²) in [5, 5.41) is 13.2. The van der Waals surface area contributed by atoms with E-state index in [0.717, 1.165) is 19.4 Å². The van der Waals surface area contributed by atoms with Gasteiger partial charge in [-0.2, -0.15) is 0 Å². The Morgan fingerprint density at radius 1 is 1.35 bits per heavy atom. The molecule has 0 aromatic rings. The molecule has 3 unspecified atom stereocenters. The fourth-order valence-electron chi connectivity index (χ4n) is 2.49. The molecule has 0 amide bonds. The molecule has 3 atom stereocenters. The van der Waals surface area contributed by atoms with E-state index in [0.29, 0.717) is 32.2 Å². The van der Waals surface area contributed by atoms with Crippen LogP contribution < -0.4 is 5.32 Å². The van der Waals surface area contributed by atoms with Crippen LogP contribution in [0.4, 0.5) is 0 Å². The van der Waals surface area contributed by atoms with E-state index < -0.39 is 6.10 Å². The van der Waals surface area contributed by atoms with Crippen molar-refractivity contribution in [2.24, 2.45) is 5.92 Å². The molecular formula is C15H31NO4. The molecule has 1 aliphatic heterocycles. The van der Waals surface area contributed by atoms with Crippen LogP contribution in [0.25, 0.3) is 0 Å². The fraction of sp³-hybridized carbons (Fsp3) is 1.00. The first-order valence-corrected chi connectivity index (χ1v) is 7.61. The molecule has 5 heteroatoms. The second-order valence-electron chi connectivity index (χ2n) is 6.25. The highest BCUT2D eigenvalue weighted by molar-refractivity contribution is 4.87. The van der Waals surface area contributed by atoms with Gasteiger partial charge in [0.1, 0.15) is 5.60 Å². The Morgan fingerprint density at radius 2 is 2.10 bits per heavy atom. The van der Waals surface area contributed by atoms with Gasteiger partial charge in [-0.1, -0.05) is 13.8 Å². The molecule has 0 bridgehead atoms. The summed E-state index contributed by atoms with van der Waals surface area (Å²) in [4.78, 5) is 0. The quantitative estimate of drug-likeness (QED) is 0.633. The molecule has 0 aliphatic carbocycles. The number of hydrogen-bond donors (Lipinski definition) is 2. The number of ether oxygens (including phenoxy) is 3. The Kier molecular flexibility index (Phi) is 7.99. The van der Waals surface area contributed by atoms with Gasteiger partial charge in [0, 0.05) is 33.2 Å². The average molecular weight is 289 g/mol. The maximum absolute atomic E-state index is 9.90. The van der Waals surface area contributed by atoms with Gasteiger partial charge in [-0.15, -0.1) is 0 Å². The molecule has 120 valence electrons. The molecule has 0 spiro atoms. The molecule has 0 aromatic heterocycles. The van der Waals surface area contributed by atoms with Gasteiger partial charge in [0.2, 0.25) is 0 Å². The normalized spacial score (nSPS) is 26.1. The number of aliphatic hydroxyl groups is 1. The predicted molar refractivity (Wildman–Crippen MR) is 78.9 cm³/mol. The van der Waals surface area contributed by atoms with E-state index in [2.05, 4.69) is 26.1 Å². The summed E-state index contributed by atoms with van der Waals surface area (Å²) < 4.78 is 16.5. The van der Waals surface area contributed by atoms with Gasteiger partial charge >= 0.3 is 0 Å². The third kappa shape index (κ3) is 6.50. The van der Waals surface area contributed by atoms with Crippen molar-refractivity contribution < 1.29 is 19.3 Å². The van der Waals surface area contributed by atoms with E-state index >= 15 is 0 Å². The SMILES string of the molecule is COC1(CNCC(O)COC(C)CC(C)C)CCOC1. The summed E-state index contributed by atoms with van der Waals surface area (Å²) in [6.45, 7) is 9.34. The summed E-state index contributed by atoms with van der Waals surface area (Å²) in [6, 6.07) is 0. The van der Waals surface area contributed by atoms with Crippen LogP contribution in [0, 0.1) is 5.92 Å². The van der Waals surface area contributed by atoms with Crippen LogP contribution in [-0.2, 0) is 14.2 Å². The molecule has 2 N–H and O–H groups in total. The van der Waals surface area contributed by atoms with Gasteiger partial charge in [0.05, 0.1) is 25.4 Å². The number of methoxy groups -OCH3 is 1. The molecule has 1 saturated heterocycles. The van der Waals surface area contributed by atoms with Crippen LogP contribution in [0.5, 0.6) is 0 Å². The minimum Gasteiger partial charge on any atom is -0.389 e. The lowest BCUT2D eigenvalue weighted by molar-refractivity contribution is -0.0260. The number of hydrogen-bond acceptors (Lipinski definition) is 5. The molecular weight excluding hydrogens is 258 g/mol. The second kappa shape index (κ2) is 8.95. The fourth-order valence-corrected chi connectivity index (χ4v) is 2.49. The second-order valence-corrected chi connectivity index (χ2v) is 6.25. The van der Waals surface area contributed by atoms with E-state index in [4.69, 9.17) is 14.2 Å². The van der Waals surface area contributed by atoms with E-state index in [1.165, 1.54) is 0 Å². The van der Waals surface area contributed by atoms with Crippen molar-refractivity contribution in [2.75, 3.05) is 40.0 Å². The average Bonchev–Trinajstić information content (AvgIpc) is 2.85. The highest BCUT2D eigenvalue weighted by atomic mass is 16.5. The Hall–Kier alpha value is -0.200. The standard InChI is InChI=1S/C15H31NO4/c1-12(2)7-13(3)20-9-14(17)8-16-10-15(18-4)5-6-19-11-15/h12-14,16-17H,5-11H2,1-4H3. The zero-order chi connectivity index (χ0) is 15.0. The van der Waals surface area contributed by atoms with Crippen LogP contribution in [0.2, 0.25) is 0 Å². The molecule has 20 heavy (non-hydrogen) atoms. The van der Waals surface area contributed by atoms with E-state index in [1.807, 2.05) is 0 Å². The summed E-state index contributed by atoms with van der Waals surface area (Å²) >= 11 is 0. The summed E-state index contributed by atoms with van der Waals surface area (Å²) in [6.07, 6.45) is 1.62. The van der Waals surface area contributed by atoms with Gasteiger partial charge in [0.25, 0.3) is 0 Å². The number of rotatable bonds is 10. The summed E-state index contributed by atoms with van der Waals surface area (Å²) in [5.74, 6) is 0.615. The first-order chi connectivity index (χ1) is 9.47. The third-order valence-electron chi connectivity index (χ3n) is 3.70. The van der Waals surface area contributed by atoms with Crippen LogP contribution in [0.15, 0.2) is 0 Å². The van der Waals surface area contributed by atoms with Crippen molar-refractivity contribution >= 4 is 0 Å². The summed E-state index contributed by atoms with van der Waals surface area (Å²) in [5.41, 5.74) is -0.231. The van der Waals surface area contributed by atoms with Crippen molar-refractivity contribution in [3.63, 3.8) is 0 Å². The van der Waals surface area contributed by atoms with Crippen molar-refractivity contribution in [1.82, 2.24) is 5.32 Å². The van der Waals surface area contributed by atoms with Gasteiger partial charge in [-0.05, 0) is 19.3 Å². The van der Waals surface area contributed by atoms with Crippen LogP contribution >= 0.6 is 0 Å². The number of nitrogens with one attached hydrogen (secondary N) is 1. The lowest BCUT2D eigenvalue weighted by Gasteiger charge is -2.26. The van der Waals surface area contributed by atoms with Crippen molar-refractivity contribution in [1.29, 1.82) is 0 Å². The van der Waals surface area contributed by atoms with E-state index in [1.54, 1.807) is 7.11 Å². The molecule has 1 aliphatic rings. The van der Waals surface area contributed by atoms with Crippen molar-refractivity contribution in [3.05, 3.63) is 0 Å². The lowest BCUT2D eigenvalue weighted by atomic mass is 10.0. The van der Waals surface area contributed by atoms with Crippen molar-refractivity contribution in [3.8, 4) is 0 Å². The minimum absolute atomic E-state index is 0.193. The zero-order valence-electron chi connectivity index (χ0n) is 13.4. The highest BCUT2D eigenvalue weighted by Gasteiger charge is 2.34. The minimum atomic E-state index is -0.485. The third-order valence-corrected chi connectivity index (χ3v) is 3.70. The molecule has 0 saturated carbocycles. The molecule has 5 nitrogen and oxygen atoms in total. The Bertz CT molecular complexity index is 254. The van der Waals surface area contributed by atoms with Gasteiger partial charge < -0.3 is 24.6 Å². The molecule has 1 heterocycles. The lowest BCUT2D eigenvalue weighted by Crippen LogP contribution is -2.45. The zero-order valence-corrected chi connectivity index (χ0v) is 13.4. The van der Waals surface area contributed by atoms with E-state index in [-0.39, 0.29) is 11.7 Å². The van der Waals surface area contributed by atoms with Crippen LogP contribution in [0.3, 0.4) is 0 Å². The predicted octanol–water partition coefficient (Wildman–Crippen LogP) is 1.19. The monoisotopic (exact) mass is 289 g/mol.